The lowest BCUT2D eigenvalue weighted by Gasteiger charge is -2.06. The van der Waals surface area contributed by atoms with Crippen LogP contribution in [0.3, 0.4) is 0 Å². The second-order valence-corrected chi connectivity index (χ2v) is 3.95. The molecule has 0 aliphatic carbocycles. The van der Waals surface area contributed by atoms with Crippen molar-refractivity contribution in [1.29, 1.82) is 5.26 Å². The Bertz CT molecular complexity index is 680. The van der Waals surface area contributed by atoms with E-state index in [1.807, 2.05) is 6.07 Å². The van der Waals surface area contributed by atoms with E-state index in [2.05, 4.69) is 4.98 Å². The van der Waals surface area contributed by atoms with E-state index >= 15 is 0 Å². The minimum atomic E-state index is -1.13. The third-order valence-corrected chi connectivity index (χ3v) is 2.40. The molecule has 6 heteroatoms. The molecule has 0 unspecified atom stereocenters. The molecule has 94 valence electrons. The average molecular weight is 275 g/mol. The van der Waals surface area contributed by atoms with Crippen molar-refractivity contribution < 1.29 is 14.6 Å². The number of pyridine rings is 1. The molecule has 1 aromatic carbocycles. The lowest BCUT2D eigenvalue weighted by molar-refractivity contribution is 0.0696. The number of ether oxygens (including phenoxy) is 1. The summed E-state index contributed by atoms with van der Waals surface area (Å²) in [6, 6.07) is 10.9. The van der Waals surface area contributed by atoms with Crippen molar-refractivity contribution in [3.05, 3.63) is 52.7 Å². The first-order valence-electron chi connectivity index (χ1n) is 5.17. The summed E-state index contributed by atoms with van der Waals surface area (Å²) in [5.41, 5.74) is 0.407. The van der Waals surface area contributed by atoms with E-state index in [0.29, 0.717) is 11.3 Å². The Morgan fingerprint density at radius 3 is 2.84 bits per heavy atom. The predicted octanol–water partition coefficient (Wildman–Crippen LogP) is 3.10. The summed E-state index contributed by atoms with van der Waals surface area (Å²) in [7, 11) is 0. The number of carbonyl (C=O) groups is 1. The summed E-state index contributed by atoms with van der Waals surface area (Å²) >= 11 is 5.71. The van der Waals surface area contributed by atoms with Gasteiger partial charge in [-0.05, 0) is 24.3 Å². The maximum Gasteiger partial charge on any atom is 0.335 e. The fraction of sp³-hybridized carbons (Fsp3) is 0. The number of carboxylic acids is 1. The van der Waals surface area contributed by atoms with Crippen molar-refractivity contribution in [2.45, 2.75) is 0 Å². The van der Waals surface area contributed by atoms with Crippen LogP contribution in [0.25, 0.3) is 0 Å². The maximum absolute atomic E-state index is 10.9. The lowest BCUT2D eigenvalue weighted by atomic mass is 10.2. The summed E-state index contributed by atoms with van der Waals surface area (Å²) in [5, 5.41) is 17.7. The van der Waals surface area contributed by atoms with Gasteiger partial charge in [0.15, 0.2) is 0 Å². The van der Waals surface area contributed by atoms with Crippen molar-refractivity contribution in [1.82, 2.24) is 4.98 Å². The number of carboxylic acid groups (broad SMARTS) is 1. The third kappa shape index (κ3) is 3.21. The van der Waals surface area contributed by atoms with Crippen LogP contribution in [0.15, 0.2) is 36.4 Å². The number of rotatable bonds is 3. The van der Waals surface area contributed by atoms with Crippen LogP contribution >= 0.6 is 11.6 Å². The Balaban J connectivity index is 2.33. The van der Waals surface area contributed by atoms with Crippen LogP contribution in [-0.2, 0) is 0 Å². The van der Waals surface area contributed by atoms with E-state index in [4.69, 9.17) is 26.7 Å². The zero-order valence-electron chi connectivity index (χ0n) is 9.50. The Morgan fingerprint density at radius 1 is 1.37 bits per heavy atom. The van der Waals surface area contributed by atoms with Gasteiger partial charge in [-0.15, -0.1) is 0 Å². The minimum absolute atomic E-state index is 0.0198. The predicted molar refractivity (Wildman–Crippen MR) is 67.4 cm³/mol. The van der Waals surface area contributed by atoms with E-state index in [0.717, 1.165) is 0 Å². The van der Waals surface area contributed by atoms with Gasteiger partial charge in [-0.3, -0.25) is 0 Å². The highest BCUT2D eigenvalue weighted by Gasteiger charge is 2.09. The second kappa shape index (κ2) is 5.38. The molecular formula is C13H7ClN2O3. The smallest absolute Gasteiger partial charge is 0.335 e. The van der Waals surface area contributed by atoms with E-state index in [9.17, 15) is 4.79 Å². The van der Waals surface area contributed by atoms with Gasteiger partial charge < -0.3 is 9.84 Å². The van der Waals surface area contributed by atoms with Crippen LogP contribution in [0.5, 0.6) is 11.6 Å². The Hall–Kier alpha value is -2.58. The molecule has 19 heavy (non-hydrogen) atoms. The summed E-state index contributed by atoms with van der Waals surface area (Å²) in [4.78, 5) is 14.7. The molecule has 0 aliphatic heterocycles. The van der Waals surface area contributed by atoms with Crippen LogP contribution in [0.1, 0.15) is 15.9 Å². The van der Waals surface area contributed by atoms with Crippen molar-refractivity contribution in [3.63, 3.8) is 0 Å². The highest BCUT2D eigenvalue weighted by molar-refractivity contribution is 6.29. The molecule has 0 bridgehead atoms. The number of aromatic carboxylic acids is 1. The van der Waals surface area contributed by atoms with E-state index < -0.39 is 5.97 Å². The Labute approximate surface area is 113 Å². The van der Waals surface area contributed by atoms with E-state index in [-0.39, 0.29) is 16.6 Å². The number of aromatic nitrogens is 1. The summed E-state index contributed by atoms with van der Waals surface area (Å²) < 4.78 is 5.38. The molecule has 0 amide bonds. The monoisotopic (exact) mass is 274 g/mol. The van der Waals surface area contributed by atoms with E-state index in [1.165, 1.54) is 18.2 Å². The third-order valence-electron chi connectivity index (χ3n) is 2.20. The Kier molecular flexibility index (Phi) is 3.64. The zero-order chi connectivity index (χ0) is 13.8. The number of hydrogen-bond donors (Lipinski definition) is 1. The van der Waals surface area contributed by atoms with Crippen LogP contribution in [0, 0.1) is 11.3 Å². The molecule has 1 aromatic heterocycles. The Morgan fingerprint density at radius 2 is 2.16 bits per heavy atom. The summed E-state index contributed by atoms with van der Waals surface area (Å²) in [6.07, 6.45) is 0. The van der Waals surface area contributed by atoms with Gasteiger partial charge in [0, 0.05) is 6.07 Å². The van der Waals surface area contributed by atoms with Gasteiger partial charge in [-0.2, -0.15) is 5.26 Å². The van der Waals surface area contributed by atoms with Crippen molar-refractivity contribution >= 4 is 17.6 Å². The van der Waals surface area contributed by atoms with Gasteiger partial charge in [-0.1, -0.05) is 17.7 Å². The average Bonchev–Trinajstić information content (AvgIpc) is 2.38. The summed E-state index contributed by atoms with van der Waals surface area (Å²) in [5.74, 6) is -0.690. The summed E-state index contributed by atoms with van der Waals surface area (Å²) in [6.45, 7) is 0. The molecule has 1 heterocycles. The molecule has 0 spiro atoms. The van der Waals surface area contributed by atoms with Crippen molar-refractivity contribution in [2.24, 2.45) is 0 Å². The number of nitrogens with zero attached hydrogens (tertiary/aromatic N) is 2. The van der Waals surface area contributed by atoms with Crippen LogP contribution < -0.4 is 4.74 Å². The second-order valence-electron chi connectivity index (χ2n) is 3.56. The molecule has 2 aromatic rings. The van der Waals surface area contributed by atoms with Crippen LogP contribution in [0.2, 0.25) is 5.15 Å². The maximum atomic E-state index is 10.9. The molecule has 0 fully saturated rings. The first-order valence-corrected chi connectivity index (χ1v) is 5.55. The van der Waals surface area contributed by atoms with Crippen LogP contribution in [-0.4, -0.2) is 16.1 Å². The van der Waals surface area contributed by atoms with Gasteiger partial charge in [0.05, 0.1) is 17.2 Å². The van der Waals surface area contributed by atoms with E-state index in [1.54, 1.807) is 18.2 Å². The topological polar surface area (TPSA) is 83.2 Å². The molecule has 0 aliphatic rings. The molecule has 2 rings (SSSR count). The molecule has 1 N–H and O–H groups in total. The first-order chi connectivity index (χ1) is 9.08. The molecule has 0 saturated carbocycles. The normalized spacial score (nSPS) is 9.68. The molecule has 0 radical (unpaired) electrons. The van der Waals surface area contributed by atoms with Gasteiger partial charge in [-0.25, -0.2) is 9.78 Å². The minimum Gasteiger partial charge on any atom is -0.478 e. The standard InChI is InChI=1S/C13H7ClN2O3/c14-11-5-9(13(17)18)6-12(16-11)19-10-3-1-2-8(4-10)7-15/h1-6H,(H,17,18). The fourth-order valence-corrected chi connectivity index (χ4v) is 1.60. The molecular weight excluding hydrogens is 268 g/mol. The highest BCUT2D eigenvalue weighted by atomic mass is 35.5. The molecule has 0 atom stereocenters. The van der Waals surface area contributed by atoms with Crippen molar-refractivity contribution in [3.8, 4) is 17.7 Å². The zero-order valence-corrected chi connectivity index (χ0v) is 10.3. The largest absolute Gasteiger partial charge is 0.478 e. The lowest BCUT2D eigenvalue weighted by Crippen LogP contribution is -1.98. The number of benzene rings is 1. The first kappa shape index (κ1) is 12.9. The SMILES string of the molecule is N#Cc1cccc(Oc2cc(C(=O)O)cc(Cl)n2)c1. The number of hydrogen-bond acceptors (Lipinski definition) is 4. The molecule has 0 saturated heterocycles. The quantitative estimate of drug-likeness (QED) is 0.870. The van der Waals surface area contributed by atoms with Gasteiger partial charge in [0.25, 0.3) is 0 Å². The highest BCUT2D eigenvalue weighted by Crippen LogP contribution is 2.23. The number of halogens is 1. The molecule has 5 nitrogen and oxygen atoms in total. The van der Waals surface area contributed by atoms with Crippen molar-refractivity contribution in [2.75, 3.05) is 0 Å². The fourth-order valence-electron chi connectivity index (χ4n) is 1.40. The van der Waals surface area contributed by atoms with Gasteiger partial charge in [0.1, 0.15) is 10.9 Å². The van der Waals surface area contributed by atoms with Crippen LogP contribution in [0.4, 0.5) is 0 Å². The number of nitriles is 1. The van der Waals surface area contributed by atoms with Gasteiger partial charge in [0.2, 0.25) is 5.88 Å². The van der Waals surface area contributed by atoms with Gasteiger partial charge >= 0.3 is 5.97 Å².